The quantitative estimate of drug-likeness (QED) is 0.311. The fourth-order valence-electron chi connectivity index (χ4n) is 3.51. The number of carbonyl (C=O) groups excluding carboxylic acids is 1. The van der Waals surface area contributed by atoms with E-state index in [1.165, 1.54) is 34.4 Å². The molecule has 2 aromatic carbocycles. The molecule has 0 radical (unpaired) electrons. The summed E-state index contributed by atoms with van der Waals surface area (Å²) in [6.07, 6.45) is 0.458. The summed E-state index contributed by atoms with van der Waals surface area (Å²) in [5.74, 6) is 1.07. The van der Waals surface area contributed by atoms with Crippen LogP contribution in [-0.4, -0.2) is 62.2 Å². The van der Waals surface area contributed by atoms with Crippen molar-refractivity contribution in [2.75, 3.05) is 38.7 Å². The number of aromatic nitrogens is 2. The third-order valence-corrected chi connectivity index (χ3v) is 9.28. The van der Waals surface area contributed by atoms with Gasteiger partial charge in [0.2, 0.25) is 21.1 Å². The van der Waals surface area contributed by atoms with E-state index in [9.17, 15) is 13.2 Å². The summed E-state index contributed by atoms with van der Waals surface area (Å²) < 4.78 is 38.8. The number of hydrogen-bond acceptors (Lipinski definition) is 9. The average molecular weight is 535 g/mol. The maximum Gasteiger partial charge on any atom is 0.243 e. The van der Waals surface area contributed by atoms with Gasteiger partial charge in [-0.15, -0.1) is 10.2 Å². The maximum absolute atomic E-state index is 13.0. The van der Waals surface area contributed by atoms with Crippen LogP contribution >= 0.6 is 23.1 Å². The number of thioether (sulfide) groups is 1. The molecule has 186 valence electrons. The van der Waals surface area contributed by atoms with Gasteiger partial charge in [0.1, 0.15) is 5.75 Å². The first kappa shape index (κ1) is 25.6. The molecule has 1 saturated heterocycles. The molecule has 1 fully saturated rings. The molecule has 0 bridgehead atoms. The standard InChI is InChI=1S/C23H26N4O5S3/c1-31-20-9-8-19(35(29,30)27-11-13-32-14-12-27)15-18(20)7-10-21(28)24-22-25-26-23(34-22)33-16-17-5-3-2-4-6-17/h2-6,8-9,15H,7,10-14,16H2,1H3,(H,24,25,28). The highest BCUT2D eigenvalue weighted by molar-refractivity contribution is 8.00. The fraction of sp³-hybridized carbons (Fsp3) is 0.348. The van der Waals surface area contributed by atoms with E-state index >= 15 is 0 Å². The molecule has 1 aromatic heterocycles. The van der Waals surface area contributed by atoms with Gasteiger partial charge in [0.25, 0.3) is 0 Å². The number of morpholine rings is 1. The Hall–Kier alpha value is -2.51. The van der Waals surface area contributed by atoms with Crippen molar-refractivity contribution in [2.45, 2.75) is 27.8 Å². The van der Waals surface area contributed by atoms with Gasteiger partial charge >= 0.3 is 0 Å². The molecule has 4 rings (SSSR count). The number of aryl methyl sites for hydroxylation is 1. The van der Waals surface area contributed by atoms with E-state index in [1.807, 2.05) is 30.3 Å². The van der Waals surface area contributed by atoms with Crippen molar-refractivity contribution >= 4 is 44.2 Å². The molecule has 1 amide bonds. The summed E-state index contributed by atoms with van der Waals surface area (Å²) in [5.41, 5.74) is 1.83. The van der Waals surface area contributed by atoms with Crippen molar-refractivity contribution in [1.82, 2.24) is 14.5 Å². The number of rotatable bonds is 10. The van der Waals surface area contributed by atoms with Gasteiger partial charge in [0.15, 0.2) is 4.34 Å². The van der Waals surface area contributed by atoms with E-state index in [0.717, 1.165) is 10.1 Å². The maximum atomic E-state index is 13.0. The minimum atomic E-state index is -3.64. The first-order valence-electron chi connectivity index (χ1n) is 11.0. The predicted octanol–water partition coefficient (Wildman–Crippen LogP) is 3.43. The number of ether oxygens (including phenoxy) is 2. The smallest absolute Gasteiger partial charge is 0.243 e. The van der Waals surface area contributed by atoms with Gasteiger partial charge in [0.05, 0.1) is 25.2 Å². The number of amides is 1. The Balaban J connectivity index is 1.35. The van der Waals surface area contributed by atoms with Crippen LogP contribution in [0.15, 0.2) is 57.8 Å². The lowest BCUT2D eigenvalue weighted by Crippen LogP contribution is -2.40. The van der Waals surface area contributed by atoms with Crippen LogP contribution in [0.4, 0.5) is 5.13 Å². The van der Waals surface area contributed by atoms with Crippen molar-refractivity contribution in [2.24, 2.45) is 0 Å². The van der Waals surface area contributed by atoms with Crippen molar-refractivity contribution in [3.8, 4) is 5.75 Å². The molecule has 0 aliphatic carbocycles. The summed E-state index contributed by atoms with van der Waals surface area (Å²) in [5, 5.41) is 11.4. The summed E-state index contributed by atoms with van der Waals surface area (Å²) in [6, 6.07) is 14.8. The second-order valence-corrected chi connectivity index (χ2v) is 11.8. The molecule has 2 heterocycles. The molecule has 1 aliphatic rings. The lowest BCUT2D eigenvalue weighted by atomic mass is 10.1. The van der Waals surface area contributed by atoms with Crippen LogP contribution < -0.4 is 10.1 Å². The first-order chi connectivity index (χ1) is 17.0. The van der Waals surface area contributed by atoms with Crippen LogP contribution in [0.25, 0.3) is 0 Å². The molecule has 9 nitrogen and oxygen atoms in total. The van der Waals surface area contributed by atoms with Gasteiger partial charge in [-0.1, -0.05) is 53.4 Å². The summed E-state index contributed by atoms with van der Waals surface area (Å²) in [4.78, 5) is 12.7. The zero-order valence-electron chi connectivity index (χ0n) is 19.2. The van der Waals surface area contributed by atoms with Gasteiger partial charge in [-0.2, -0.15) is 4.31 Å². The highest BCUT2D eigenvalue weighted by Gasteiger charge is 2.27. The highest BCUT2D eigenvalue weighted by atomic mass is 32.2. The summed E-state index contributed by atoms with van der Waals surface area (Å²) in [6.45, 7) is 1.39. The Morgan fingerprint density at radius 3 is 2.69 bits per heavy atom. The van der Waals surface area contributed by atoms with Crippen LogP contribution in [0.1, 0.15) is 17.5 Å². The normalized spacial score (nSPS) is 14.5. The molecular formula is C23H26N4O5S3. The monoisotopic (exact) mass is 534 g/mol. The van der Waals surface area contributed by atoms with Crippen molar-refractivity contribution in [3.05, 3.63) is 59.7 Å². The van der Waals surface area contributed by atoms with Crippen molar-refractivity contribution in [1.29, 1.82) is 0 Å². The Labute approximate surface area is 212 Å². The molecule has 1 aliphatic heterocycles. The number of anilines is 1. The fourth-order valence-corrected chi connectivity index (χ4v) is 6.70. The minimum absolute atomic E-state index is 0.142. The second-order valence-electron chi connectivity index (χ2n) is 7.69. The molecule has 12 heteroatoms. The van der Waals surface area contributed by atoms with E-state index < -0.39 is 10.0 Å². The van der Waals surface area contributed by atoms with Gasteiger partial charge in [-0.3, -0.25) is 4.79 Å². The number of carbonyl (C=O) groups is 1. The van der Waals surface area contributed by atoms with Crippen LogP contribution in [-0.2, 0) is 31.7 Å². The number of methoxy groups -OCH3 is 1. The Morgan fingerprint density at radius 2 is 1.94 bits per heavy atom. The molecule has 35 heavy (non-hydrogen) atoms. The van der Waals surface area contributed by atoms with Crippen molar-refractivity contribution in [3.63, 3.8) is 0 Å². The van der Waals surface area contributed by atoms with Crippen LogP contribution in [0.3, 0.4) is 0 Å². The third kappa shape index (κ3) is 6.79. The van der Waals surface area contributed by atoms with Gasteiger partial charge in [-0.25, -0.2) is 8.42 Å². The SMILES string of the molecule is COc1ccc(S(=O)(=O)N2CCOCC2)cc1CCC(=O)Nc1nnc(SCc2ccccc2)s1. The Kier molecular flexibility index (Phi) is 8.74. The Morgan fingerprint density at radius 1 is 1.17 bits per heavy atom. The molecule has 0 unspecified atom stereocenters. The lowest BCUT2D eigenvalue weighted by molar-refractivity contribution is -0.116. The van der Waals surface area contributed by atoms with Crippen LogP contribution in [0.5, 0.6) is 5.75 Å². The number of benzene rings is 2. The minimum Gasteiger partial charge on any atom is -0.496 e. The third-order valence-electron chi connectivity index (χ3n) is 5.34. The predicted molar refractivity (Wildman–Crippen MR) is 135 cm³/mol. The summed E-state index contributed by atoms with van der Waals surface area (Å²) >= 11 is 2.88. The topological polar surface area (TPSA) is 111 Å². The van der Waals surface area contributed by atoms with Gasteiger partial charge < -0.3 is 14.8 Å². The van der Waals surface area contributed by atoms with E-state index in [0.29, 0.717) is 49.2 Å². The largest absolute Gasteiger partial charge is 0.496 e. The molecule has 3 aromatic rings. The zero-order valence-corrected chi connectivity index (χ0v) is 21.6. The van der Waals surface area contributed by atoms with E-state index in [1.54, 1.807) is 23.9 Å². The first-order valence-corrected chi connectivity index (χ1v) is 14.2. The van der Waals surface area contributed by atoms with Gasteiger partial charge in [-0.05, 0) is 35.7 Å². The van der Waals surface area contributed by atoms with Crippen LogP contribution in [0.2, 0.25) is 0 Å². The highest BCUT2D eigenvalue weighted by Crippen LogP contribution is 2.29. The van der Waals surface area contributed by atoms with E-state index in [-0.39, 0.29) is 17.2 Å². The number of nitrogens with one attached hydrogen (secondary N) is 1. The zero-order chi connectivity index (χ0) is 24.7. The van der Waals surface area contributed by atoms with E-state index in [2.05, 4.69) is 15.5 Å². The number of hydrogen-bond donors (Lipinski definition) is 1. The average Bonchev–Trinajstić information content (AvgIpc) is 3.34. The summed E-state index contributed by atoms with van der Waals surface area (Å²) in [7, 11) is -2.12. The van der Waals surface area contributed by atoms with Gasteiger partial charge in [0, 0.05) is 25.3 Å². The molecule has 0 atom stereocenters. The number of nitrogens with zero attached hydrogens (tertiary/aromatic N) is 3. The number of sulfonamides is 1. The second kappa shape index (κ2) is 12.0. The Bertz CT molecular complexity index is 1250. The van der Waals surface area contributed by atoms with E-state index in [4.69, 9.17) is 9.47 Å². The molecule has 1 N–H and O–H groups in total. The van der Waals surface area contributed by atoms with Crippen molar-refractivity contribution < 1.29 is 22.7 Å². The lowest BCUT2D eigenvalue weighted by Gasteiger charge is -2.26. The molecule has 0 saturated carbocycles. The molecular weight excluding hydrogens is 508 g/mol. The van der Waals surface area contributed by atoms with Crippen LogP contribution in [0, 0.1) is 0 Å². The molecule has 0 spiro atoms.